The van der Waals surface area contributed by atoms with Crippen molar-refractivity contribution in [3.8, 4) is 11.1 Å². The smallest absolute Gasteiger partial charge is 0.0509 e. The van der Waals surface area contributed by atoms with Crippen LogP contribution in [-0.4, -0.2) is 4.57 Å². The summed E-state index contributed by atoms with van der Waals surface area (Å²) < 4.78 is 2.37. The highest BCUT2D eigenvalue weighted by molar-refractivity contribution is 6.11. The Balaban J connectivity index is 1.18. The van der Waals surface area contributed by atoms with Gasteiger partial charge in [-0.3, -0.25) is 0 Å². The topological polar surface area (TPSA) is 11.4 Å². The monoisotopic (exact) mass is 631 g/mol. The average molecular weight is 632 g/mol. The van der Waals surface area contributed by atoms with E-state index in [1.165, 1.54) is 49.7 Å². The molecule has 0 radical (unpaired) electrons. The van der Waals surface area contributed by atoms with Crippen molar-refractivity contribution in [2.45, 2.75) is 19.3 Å². The maximum atomic E-state index is 2.46. The predicted octanol–water partition coefficient (Wildman–Crippen LogP) is 12.6. The number of para-hydroxylation sites is 4. The Labute approximate surface area is 287 Å². The van der Waals surface area contributed by atoms with Gasteiger partial charge in [-0.05, 0) is 107 Å². The number of nitrogens with zero attached hydrogens (tertiary/aromatic N) is 3. The molecule has 0 saturated carbocycles. The minimum Gasteiger partial charge on any atom is -0.344 e. The lowest BCUT2D eigenvalue weighted by Crippen LogP contribution is -2.16. The Morgan fingerprint density at radius 2 is 0.816 bits per heavy atom. The maximum Gasteiger partial charge on any atom is 0.0509 e. The number of aromatic nitrogens is 1. The van der Waals surface area contributed by atoms with E-state index in [0.717, 1.165) is 28.4 Å². The molecule has 0 amide bonds. The van der Waals surface area contributed by atoms with Gasteiger partial charge < -0.3 is 14.4 Å². The molecule has 236 valence electrons. The van der Waals surface area contributed by atoms with Crippen molar-refractivity contribution in [2.75, 3.05) is 9.80 Å². The van der Waals surface area contributed by atoms with Gasteiger partial charge in [-0.2, -0.15) is 0 Å². The Morgan fingerprint density at radius 1 is 0.388 bits per heavy atom. The van der Waals surface area contributed by atoms with Crippen LogP contribution in [0.3, 0.4) is 0 Å². The number of hydrogen-bond acceptors (Lipinski definition) is 2. The zero-order chi connectivity index (χ0) is 33.1. The minimum absolute atomic E-state index is 0.159. The van der Waals surface area contributed by atoms with Gasteiger partial charge in [-0.15, -0.1) is 0 Å². The van der Waals surface area contributed by atoms with E-state index in [4.69, 9.17) is 0 Å². The molecule has 1 aromatic heterocycles. The molecule has 0 fully saturated rings. The van der Waals surface area contributed by atoms with Crippen LogP contribution in [0, 0.1) is 0 Å². The van der Waals surface area contributed by atoms with Gasteiger partial charge in [-0.25, -0.2) is 0 Å². The molecule has 3 nitrogen and oxygen atoms in total. The van der Waals surface area contributed by atoms with Gasteiger partial charge in [0.15, 0.2) is 0 Å². The molecule has 49 heavy (non-hydrogen) atoms. The second kappa shape index (κ2) is 11.3. The highest BCUT2D eigenvalue weighted by Gasteiger charge is 2.37. The molecule has 1 aliphatic carbocycles. The standard InChI is InChI=1S/C46H37N3/c1-46(2)42-28-36(48(32-16-8-4-9-17-32)33-18-10-5-11-19-33)24-26-38(42)40-31-45-41(30-43(40)46)39-27-25-37(29-44(39)47(45)3)49(34-20-12-6-13-21-34)35-22-14-7-15-23-35/h4-31H,1-3H3. The van der Waals surface area contributed by atoms with Crippen molar-refractivity contribution >= 4 is 55.9 Å². The van der Waals surface area contributed by atoms with Crippen LogP contribution in [0.15, 0.2) is 170 Å². The SMILES string of the molecule is Cn1c2cc(N(c3ccccc3)c3ccccc3)ccc2c2cc3c(cc21)-c1ccc(N(c2ccccc2)c2ccccc2)cc1C3(C)C. The molecule has 0 aliphatic heterocycles. The molecule has 0 saturated heterocycles. The third kappa shape index (κ3) is 4.65. The summed E-state index contributed by atoms with van der Waals surface area (Å²) in [6.45, 7) is 4.76. The second-order valence-electron chi connectivity index (χ2n) is 13.5. The summed E-state index contributed by atoms with van der Waals surface area (Å²) in [5.41, 5.74) is 14.6. The summed E-state index contributed by atoms with van der Waals surface area (Å²) in [6.07, 6.45) is 0. The first-order valence-corrected chi connectivity index (χ1v) is 17.0. The molecule has 8 aromatic rings. The fourth-order valence-electron chi connectivity index (χ4n) is 7.89. The van der Waals surface area contributed by atoms with Gasteiger partial charge >= 0.3 is 0 Å². The van der Waals surface area contributed by atoms with Crippen molar-refractivity contribution in [3.63, 3.8) is 0 Å². The first-order chi connectivity index (χ1) is 24.0. The summed E-state index contributed by atoms with van der Waals surface area (Å²) in [7, 11) is 2.21. The van der Waals surface area contributed by atoms with E-state index in [9.17, 15) is 0 Å². The molecular formula is C46H37N3. The van der Waals surface area contributed by atoms with Gasteiger partial charge in [0.05, 0.1) is 5.52 Å². The number of aryl methyl sites for hydroxylation is 1. The van der Waals surface area contributed by atoms with Crippen molar-refractivity contribution in [2.24, 2.45) is 7.05 Å². The lowest BCUT2D eigenvalue weighted by atomic mass is 9.82. The molecule has 0 N–H and O–H groups in total. The fourth-order valence-corrected chi connectivity index (χ4v) is 7.89. The molecular weight excluding hydrogens is 595 g/mol. The lowest BCUT2D eigenvalue weighted by Gasteiger charge is -2.28. The Kier molecular flexibility index (Phi) is 6.70. The van der Waals surface area contributed by atoms with Crippen LogP contribution in [0.25, 0.3) is 32.9 Å². The van der Waals surface area contributed by atoms with Crippen LogP contribution < -0.4 is 9.80 Å². The van der Waals surface area contributed by atoms with Gasteiger partial charge in [0.25, 0.3) is 0 Å². The average Bonchev–Trinajstić information content (AvgIpc) is 3.55. The Bertz CT molecular complexity index is 2380. The third-order valence-corrected chi connectivity index (χ3v) is 10.3. The number of anilines is 6. The summed E-state index contributed by atoms with van der Waals surface area (Å²) in [5.74, 6) is 0. The predicted molar refractivity (Wildman–Crippen MR) is 207 cm³/mol. The number of rotatable bonds is 6. The zero-order valence-corrected chi connectivity index (χ0v) is 28.0. The normalized spacial score (nSPS) is 13.0. The molecule has 0 unspecified atom stereocenters. The summed E-state index contributed by atoms with van der Waals surface area (Å²) in [4.78, 5) is 4.69. The van der Waals surface area contributed by atoms with Gasteiger partial charge in [0.2, 0.25) is 0 Å². The van der Waals surface area contributed by atoms with Crippen molar-refractivity contribution in [1.82, 2.24) is 4.57 Å². The number of benzene rings is 7. The maximum absolute atomic E-state index is 2.46. The Morgan fingerprint density at radius 3 is 1.33 bits per heavy atom. The third-order valence-electron chi connectivity index (χ3n) is 10.3. The van der Waals surface area contributed by atoms with Crippen LogP contribution in [0.1, 0.15) is 25.0 Å². The second-order valence-corrected chi connectivity index (χ2v) is 13.5. The van der Waals surface area contributed by atoms with Crippen LogP contribution >= 0.6 is 0 Å². The number of hydrogen-bond donors (Lipinski definition) is 0. The van der Waals surface area contributed by atoms with E-state index in [-0.39, 0.29) is 5.41 Å². The zero-order valence-electron chi connectivity index (χ0n) is 28.0. The summed E-state index contributed by atoms with van der Waals surface area (Å²) >= 11 is 0. The Hall–Kier alpha value is -6.06. The summed E-state index contributed by atoms with van der Waals surface area (Å²) in [5, 5.41) is 2.57. The molecule has 0 atom stereocenters. The first kappa shape index (κ1) is 29.1. The fraction of sp³-hybridized carbons (Fsp3) is 0.0870. The lowest BCUT2D eigenvalue weighted by molar-refractivity contribution is 0.661. The molecule has 0 bridgehead atoms. The molecule has 1 aliphatic rings. The molecule has 3 heteroatoms. The number of fused-ring (bicyclic) bond motifs is 6. The summed E-state index contributed by atoms with van der Waals surface area (Å²) in [6, 6.07) is 61.4. The van der Waals surface area contributed by atoms with E-state index >= 15 is 0 Å². The van der Waals surface area contributed by atoms with Crippen molar-refractivity contribution in [3.05, 3.63) is 181 Å². The molecule has 0 spiro atoms. The van der Waals surface area contributed by atoms with Crippen LogP contribution in [0.4, 0.5) is 34.1 Å². The quantitative estimate of drug-likeness (QED) is 0.181. The molecule has 1 heterocycles. The molecule has 7 aromatic carbocycles. The highest BCUT2D eigenvalue weighted by atomic mass is 15.1. The van der Waals surface area contributed by atoms with E-state index in [1.54, 1.807) is 0 Å². The highest BCUT2D eigenvalue weighted by Crippen LogP contribution is 2.52. The van der Waals surface area contributed by atoms with Gasteiger partial charge in [-0.1, -0.05) is 98.8 Å². The van der Waals surface area contributed by atoms with E-state index in [2.05, 4.69) is 205 Å². The van der Waals surface area contributed by atoms with Crippen molar-refractivity contribution in [1.29, 1.82) is 0 Å². The molecule has 9 rings (SSSR count). The van der Waals surface area contributed by atoms with E-state index in [0.29, 0.717) is 0 Å². The van der Waals surface area contributed by atoms with Crippen molar-refractivity contribution < 1.29 is 0 Å². The largest absolute Gasteiger partial charge is 0.344 e. The van der Waals surface area contributed by atoms with Crippen LogP contribution in [0.2, 0.25) is 0 Å². The van der Waals surface area contributed by atoms with Gasteiger partial charge in [0, 0.05) is 62.9 Å². The first-order valence-electron chi connectivity index (χ1n) is 17.0. The van der Waals surface area contributed by atoms with Crippen LogP contribution in [0.5, 0.6) is 0 Å². The van der Waals surface area contributed by atoms with E-state index in [1.807, 2.05) is 0 Å². The van der Waals surface area contributed by atoms with Crippen LogP contribution in [-0.2, 0) is 12.5 Å². The minimum atomic E-state index is -0.159. The van der Waals surface area contributed by atoms with E-state index < -0.39 is 0 Å². The van der Waals surface area contributed by atoms with Gasteiger partial charge in [0.1, 0.15) is 0 Å².